The second-order valence-corrected chi connectivity index (χ2v) is 15.8. The molecular formula is C54H47IrN3O-2. The molecule has 0 saturated heterocycles. The second-order valence-electron chi connectivity index (χ2n) is 15.8. The molecule has 0 unspecified atom stereocenters. The summed E-state index contributed by atoms with van der Waals surface area (Å²) < 4.78 is 40.9. The first-order chi connectivity index (χ1) is 29.7. The van der Waals surface area contributed by atoms with Crippen molar-refractivity contribution in [3.05, 3.63) is 174 Å². The van der Waals surface area contributed by atoms with Crippen LogP contribution in [0.1, 0.15) is 87.0 Å². The average molecular weight is 950 g/mol. The van der Waals surface area contributed by atoms with Gasteiger partial charge in [0.2, 0.25) is 0 Å². The first-order valence-electron chi connectivity index (χ1n) is 22.0. The summed E-state index contributed by atoms with van der Waals surface area (Å²) in [6, 6.07) is 52.1. The first-order valence-corrected chi connectivity index (χ1v) is 20.0. The van der Waals surface area contributed by atoms with Crippen LogP contribution in [0.3, 0.4) is 0 Å². The van der Waals surface area contributed by atoms with Gasteiger partial charge in [-0.2, -0.15) is 0 Å². The Labute approximate surface area is 365 Å². The van der Waals surface area contributed by atoms with Crippen LogP contribution >= 0.6 is 0 Å². The molecule has 0 aliphatic heterocycles. The van der Waals surface area contributed by atoms with Crippen molar-refractivity contribution < 1.29 is 30.0 Å². The van der Waals surface area contributed by atoms with Crippen molar-refractivity contribution in [1.29, 1.82) is 0 Å². The fraction of sp³-hybridized carbons (Fsp3) is 0.185. The van der Waals surface area contributed by atoms with Crippen molar-refractivity contribution in [2.75, 3.05) is 0 Å². The third kappa shape index (κ3) is 7.28. The van der Waals surface area contributed by atoms with Gasteiger partial charge in [0.1, 0.15) is 5.58 Å². The molecule has 0 N–H and O–H groups in total. The topological polar surface area (TPSA) is 43.9 Å². The van der Waals surface area contributed by atoms with Crippen LogP contribution in [0.15, 0.2) is 144 Å². The number of benzene rings is 7. The number of pyridine rings is 1. The van der Waals surface area contributed by atoms with Gasteiger partial charge in [-0.3, -0.25) is 4.98 Å². The quantitative estimate of drug-likeness (QED) is 0.123. The molecule has 1 radical (unpaired) electrons. The number of hydrogen-bond acceptors (Lipinski definition) is 3. The van der Waals surface area contributed by atoms with Crippen LogP contribution in [-0.4, -0.2) is 14.5 Å². The number of nitrogens with zero attached hydrogens (tertiary/aromatic N) is 3. The molecule has 0 aliphatic carbocycles. The van der Waals surface area contributed by atoms with Crippen molar-refractivity contribution >= 4 is 54.5 Å². The minimum Gasteiger partial charge on any atom is -0.501 e. The molecule has 59 heavy (non-hydrogen) atoms. The molecule has 3 heterocycles. The largest absolute Gasteiger partial charge is 0.501 e. The van der Waals surface area contributed by atoms with Crippen molar-refractivity contribution in [2.24, 2.45) is 0 Å². The Morgan fingerprint density at radius 3 is 2.15 bits per heavy atom. The van der Waals surface area contributed by atoms with Crippen molar-refractivity contribution in [3.8, 4) is 28.3 Å². The van der Waals surface area contributed by atoms with E-state index >= 15 is 0 Å². The van der Waals surface area contributed by atoms with E-state index in [9.17, 15) is 0 Å². The summed E-state index contributed by atoms with van der Waals surface area (Å²) in [6.07, 6.45) is 1.36. The minimum absolute atomic E-state index is 0. The predicted octanol–water partition coefficient (Wildman–Crippen LogP) is 14.9. The SMILES string of the molecule is CC(C)c1cccc(C(C)C)c1-n1c(-c2[c-]cccc2)nc2ccccc21.[2H]C([2H])([2H])c1cnc(-c2[c-]ccc3c2oc2cc4ccc5ccccc5c4cc23)cc1C([2H])(C)C.[Ir]. The molecule has 5 heteroatoms. The van der Waals surface area contributed by atoms with Crippen LogP contribution in [0.25, 0.3) is 82.8 Å². The number of para-hydroxylation sites is 3. The molecule has 295 valence electrons. The Morgan fingerprint density at radius 1 is 0.661 bits per heavy atom. The summed E-state index contributed by atoms with van der Waals surface area (Å²) in [5.41, 5.74) is 10.2. The molecule has 4 nitrogen and oxygen atoms in total. The van der Waals surface area contributed by atoms with Gasteiger partial charge in [0.05, 0.1) is 22.4 Å². The van der Waals surface area contributed by atoms with Crippen LogP contribution in [0.4, 0.5) is 0 Å². The number of imidazole rings is 1. The Bertz CT molecular complexity index is 3260. The van der Waals surface area contributed by atoms with Crippen molar-refractivity contribution in [2.45, 2.75) is 66.1 Å². The van der Waals surface area contributed by atoms with Gasteiger partial charge in [-0.15, -0.1) is 54.1 Å². The summed E-state index contributed by atoms with van der Waals surface area (Å²) in [7, 11) is 0. The van der Waals surface area contributed by atoms with E-state index in [1.165, 1.54) is 33.8 Å². The van der Waals surface area contributed by atoms with E-state index < -0.39 is 12.7 Å². The molecule has 10 rings (SSSR count). The Morgan fingerprint density at radius 2 is 1.41 bits per heavy atom. The van der Waals surface area contributed by atoms with Crippen molar-refractivity contribution in [3.63, 3.8) is 0 Å². The third-order valence-electron chi connectivity index (χ3n) is 11.1. The van der Waals surface area contributed by atoms with Gasteiger partial charge in [-0.05, 0) is 98.3 Å². The number of aromatic nitrogens is 3. The third-order valence-corrected chi connectivity index (χ3v) is 11.1. The molecule has 7 aromatic carbocycles. The van der Waals surface area contributed by atoms with Crippen LogP contribution in [0, 0.1) is 19.0 Å². The molecule has 10 aromatic rings. The van der Waals surface area contributed by atoms with Gasteiger partial charge in [-0.25, -0.2) is 0 Å². The van der Waals surface area contributed by atoms with Gasteiger partial charge >= 0.3 is 0 Å². The number of furan rings is 1. The van der Waals surface area contributed by atoms with E-state index in [4.69, 9.17) is 14.9 Å². The van der Waals surface area contributed by atoms with Gasteiger partial charge in [0.25, 0.3) is 0 Å². The fourth-order valence-electron chi connectivity index (χ4n) is 8.17. The summed E-state index contributed by atoms with van der Waals surface area (Å²) in [6.45, 7) is 10.1. The van der Waals surface area contributed by atoms with Gasteiger partial charge in [-0.1, -0.05) is 125 Å². The summed E-state index contributed by atoms with van der Waals surface area (Å²) in [4.78, 5) is 9.46. The smallest absolute Gasteiger partial charge is 0.121 e. The molecule has 0 spiro atoms. The monoisotopic (exact) mass is 950 g/mol. The number of aryl methyl sites for hydroxylation is 1. The van der Waals surface area contributed by atoms with E-state index in [1.54, 1.807) is 19.9 Å². The predicted molar refractivity (Wildman–Crippen MR) is 243 cm³/mol. The number of hydrogen-bond donors (Lipinski definition) is 0. The fourth-order valence-corrected chi connectivity index (χ4v) is 8.17. The maximum Gasteiger partial charge on any atom is 0.121 e. The van der Waals surface area contributed by atoms with Gasteiger partial charge in [0, 0.05) is 42.9 Å². The molecule has 0 saturated carbocycles. The van der Waals surface area contributed by atoms with Crippen molar-refractivity contribution in [1.82, 2.24) is 14.5 Å². The zero-order chi connectivity index (χ0) is 43.5. The maximum atomic E-state index is 8.54. The van der Waals surface area contributed by atoms with E-state index in [1.807, 2.05) is 42.5 Å². The van der Waals surface area contributed by atoms with Gasteiger partial charge < -0.3 is 14.0 Å². The number of rotatable bonds is 6. The summed E-state index contributed by atoms with van der Waals surface area (Å²) in [5.74, 6) is 0.689. The zero-order valence-corrected chi connectivity index (χ0v) is 36.4. The normalized spacial score (nSPS) is 13.0. The summed E-state index contributed by atoms with van der Waals surface area (Å²) in [5, 5.41) is 6.57. The second kappa shape index (κ2) is 16.4. The zero-order valence-electron chi connectivity index (χ0n) is 38.0. The molecule has 0 aliphatic rings. The van der Waals surface area contributed by atoms with Crippen LogP contribution in [0.5, 0.6) is 0 Å². The van der Waals surface area contributed by atoms with E-state index in [0.29, 0.717) is 34.2 Å². The van der Waals surface area contributed by atoms with E-state index in [0.717, 1.165) is 49.5 Å². The first kappa shape index (κ1) is 35.1. The maximum absolute atomic E-state index is 8.54. The Kier molecular flexibility index (Phi) is 9.76. The summed E-state index contributed by atoms with van der Waals surface area (Å²) >= 11 is 0. The van der Waals surface area contributed by atoms with Crippen LogP contribution in [-0.2, 0) is 20.1 Å². The molecule has 0 fully saturated rings. The van der Waals surface area contributed by atoms with Crippen LogP contribution in [0.2, 0.25) is 0 Å². The minimum atomic E-state index is -2.35. The molecular weight excluding hydrogens is 899 g/mol. The van der Waals surface area contributed by atoms with Crippen LogP contribution < -0.4 is 0 Å². The number of fused-ring (bicyclic) bond motifs is 7. The Hall–Kier alpha value is -5.87. The van der Waals surface area contributed by atoms with E-state index in [-0.39, 0.29) is 25.7 Å². The van der Waals surface area contributed by atoms with Gasteiger partial charge in [0.15, 0.2) is 0 Å². The standard InChI is InChI=1S/C29H22NO.C25H25N2.Ir/c1-17(2)24-15-27(30-16-18(24)3)23-10-6-9-22-26-14-25-20(13-28(26)31-29(22)23)12-11-19-7-4-5-8-21(19)25;1-17(2)20-13-10-14-21(18(3)4)24(20)27-23-16-9-8-15-22(23)26-25(27)19-11-6-5-7-12-19;/h4-9,11-17H,1-3H3;5-11,13-18H,1-4H3;/q2*-1;/i3D3,17D;;. The average Bonchev–Trinajstić information content (AvgIpc) is 3.83. The Balaban J connectivity index is 0.000000176. The molecule has 3 aromatic heterocycles. The molecule has 0 atom stereocenters. The molecule has 0 amide bonds. The van der Waals surface area contributed by atoms with E-state index in [2.05, 4.69) is 134 Å². The molecule has 0 bridgehead atoms.